The van der Waals surface area contributed by atoms with Crippen molar-refractivity contribution in [3.63, 3.8) is 0 Å². The maximum Gasteiger partial charge on any atom is 0.277 e. The molecular formula is C21H24ClN3O2S. The van der Waals surface area contributed by atoms with Crippen LogP contribution in [0.1, 0.15) is 51.3 Å². The van der Waals surface area contributed by atoms with Crippen molar-refractivity contribution in [3.05, 3.63) is 35.2 Å². The van der Waals surface area contributed by atoms with E-state index in [0.29, 0.717) is 10.2 Å². The largest absolute Gasteiger partial charge is 0.415 e. The number of thioether (sulfide) groups is 1. The number of carbonyl (C=O) groups is 1. The van der Waals surface area contributed by atoms with Crippen LogP contribution in [-0.4, -0.2) is 21.4 Å². The van der Waals surface area contributed by atoms with Gasteiger partial charge in [0, 0.05) is 16.1 Å². The van der Waals surface area contributed by atoms with Crippen LogP contribution in [0.15, 0.2) is 33.9 Å². The van der Waals surface area contributed by atoms with Gasteiger partial charge in [-0.1, -0.05) is 23.4 Å². The quantitative estimate of drug-likeness (QED) is 0.667. The van der Waals surface area contributed by atoms with E-state index in [-0.39, 0.29) is 16.6 Å². The molecule has 0 aliphatic heterocycles. The van der Waals surface area contributed by atoms with Crippen LogP contribution in [-0.2, 0) is 10.2 Å². The van der Waals surface area contributed by atoms with Gasteiger partial charge in [0.25, 0.3) is 5.22 Å². The van der Waals surface area contributed by atoms with E-state index in [1.54, 1.807) is 24.3 Å². The molecule has 1 amide bonds. The van der Waals surface area contributed by atoms with E-state index in [2.05, 4.69) is 15.5 Å². The molecule has 0 saturated heterocycles. The van der Waals surface area contributed by atoms with Crippen LogP contribution in [0.25, 0.3) is 0 Å². The van der Waals surface area contributed by atoms with Crippen molar-refractivity contribution in [1.82, 2.24) is 10.2 Å². The van der Waals surface area contributed by atoms with E-state index < -0.39 is 0 Å². The number of hydrogen-bond donors (Lipinski definition) is 1. The topological polar surface area (TPSA) is 68.0 Å². The van der Waals surface area contributed by atoms with Crippen molar-refractivity contribution in [3.8, 4) is 0 Å². The third kappa shape index (κ3) is 3.45. The first-order valence-corrected chi connectivity index (χ1v) is 11.3. The van der Waals surface area contributed by atoms with Crippen LogP contribution >= 0.6 is 23.4 Å². The van der Waals surface area contributed by atoms with Crippen molar-refractivity contribution in [2.75, 3.05) is 5.32 Å². The number of amides is 1. The monoisotopic (exact) mass is 417 g/mol. The van der Waals surface area contributed by atoms with Crippen molar-refractivity contribution in [2.24, 2.45) is 17.8 Å². The number of nitrogens with one attached hydrogen (secondary N) is 1. The van der Waals surface area contributed by atoms with Gasteiger partial charge in [0.1, 0.15) is 0 Å². The number of hydrogen-bond acceptors (Lipinski definition) is 5. The smallest absolute Gasteiger partial charge is 0.277 e. The van der Waals surface area contributed by atoms with Crippen molar-refractivity contribution < 1.29 is 9.21 Å². The highest BCUT2D eigenvalue weighted by Gasteiger charge is 2.54. The molecule has 0 unspecified atom stereocenters. The molecule has 1 N–H and O–H groups in total. The second-order valence-corrected chi connectivity index (χ2v) is 10.6. The minimum atomic E-state index is -0.333. The minimum absolute atomic E-state index is 0.0926. The molecule has 28 heavy (non-hydrogen) atoms. The molecule has 7 heteroatoms. The van der Waals surface area contributed by atoms with Gasteiger partial charge in [-0.25, -0.2) is 0 Å². The highest BCUT2D eigenvalue weighted by Crippen LogP contribution is 2.60. The van der Waals surface area contributed by atoms with Crippen LogP contribution in [0.3, 0.4) is 0 Å². The van der Waals surface area contributed by atoms with Crippen LogP contribution in [0, 0.1) is 17.8 Å². The highest BCUT2D eigenvalue weighted by atomic mass is 35.5. The fraction of sp³-hybridized carbons (Fsp3) is 0.571. The summed E-state index contributed by atoms with van der Waals surface area (Å²) in [5.41, 5.74) is 0.816. The van der Waals surface area contributed by atoms with Gasteiger partial charge in [0.2, 0.25) is 11.8 Å². The lowest BCUT2D eigenvalue weighted by atomic mass is 9.49. The predicted octanol–water partition coefficient (Wildman–Crippen LogP) is 5.31. The summed E-state index contributed by atoms with van der Waals surface area (Å²) in [7, 11) is 0. The highest BCUT2D eigenvalue weighted by molar-refractivity contribution is 8.00. The van der Waals surface area contributed by atoms with Gasteiger partial charge in [-0.15, -0.1) is 10.2 Å². The van der Waals surface area contributed by atoms with E-state index in [4.69, 9.17) is 16.0 Å². The third-order valence-electron chi connectivity index (χ3n) is 6.66. The number of benzene rings is 1. The number of carbonyl (C=O) groups excluding carboxylic acids is 1. The second-order valence-electron chi connectivity index (χ2n) is 8.83. The molecule has 1 atom stereocenters. The maximum atomic E-state index is 12.5. The van der Waals surface area contributed by atoms with E-state index in [1.807, 2.05) is 6.92 Å². The fourth-order valence-electron chi connectivity index (χ4n) is 5.83. The molecule has 4 aliphatic carbocycles. The standard InChI is InChI=1S/C21H24ClN3O2S/c1-12(18(26)23-17-4-2-16(22)3-5-17)28-20-25-24-19(27-20)21-9-13-6-14(10-21)8-15(7-13)11-21/h2-5,12-15H,6-11H2,1H3,(H,23,26)/t12-,13?,14?,15?,21?/m0/s1. The number of nitrogens with zero attached hydrogens (tertiary/aromatic N) is 2. The zero-order chi connectivity index (χ0) is 19.3. The van der Waals surface area contributed by atoms with Crippen LogP contribution in [0.5, 0.6) is 0 Å². The summed E-state index contributed by atoms with van der Waals surface area (Å²) in [5.74, 6) is 3.20. The summed E-state index contributed by atoms with van der Waals surface area (Å²) < 4.78 is 6.10. The van der Waals surface area contributed by atoms with Gasteiger partial charge in [-0.3, -0.25) is 4.79 Å². The van der Waals surface area contributed by atoms with Gasteiger partial charge < -0.3 is 9.73 Å². The molecule has 4 fully saturated rings. The normalized spacial score (nSPS) is 31.7. The Kier molecular flexibility index (Phi) is 4.67. The summed E-state index contributed by atoms with van der Waals surface area (Å²) >= 11 is 7.21. The molecule has 4 aliphatic rings. The van der Waals surface area contributed by atoms with Crippen molar-refractivity contribution >= 4 is 35.0 Å². The second kappa shape index (κ2) is 7.06. The molecule has 1 aromatic carbocycles. The Morgan fingerprint density at radius 1 is 1.14 bits per heavy atom. The molecule has 0 radical (unpaired) electrons. The molecule has 1 heterocycles. The molecule has 0 spiro atoms. The third-order valence-corrected chi connectivity index (χ3v) is 7.84. The lowest BCUT2D eigenvalue weighted by Gasteiger charge is -2.55. The number of halogens is 1. The van der Waals surface area contributed by atoms with Crippen LogP contribution < -0.4 is 5.32 Å². The first-order valence-electron chi connectivity index (χ1n) is 10.1. The summed E-state index contributed by atoms with van der Waals surface area (Å²) in [6.45, 7) is 1.85. The molecule has 2 aromatic rings. The lowest BCUT2D eigenvalue weighted by molar-refractivity contribution is -0.115. The molecule has 4 saturated carbocycles. The summed E-state index contributed by atoms with van der Waals surface area (Å²) in [5, 5.41) is 12.4. The zero-order valence-electron chi connectivity index (χ0n) is 15.9. The Labute approximate surface area is 174 Å². The first kappa shape index (κ1) is 18.5. The lowest BCUT2D eigenvalue weighted by Crippen LogP contribution is -2.48. The van der Waals surface area contributed by atoms with E-state index >= 15 is 0 Å². The molecule has 148 valence electrons. The molecule has 5 nitrogen and oxygen atoms in total. The SMILES string of the molecule is C[C@H](Sc1nnc(C23CC4CC(CC(C4)C2)C3)o1)C(=O)Nc1ccc(Cl)cc1. The van der Waals surface area contributed by atoms with Crippen LogP contribution in [0.2, 0.25) is 5.02 Å². The zero-order valence-corrected chi connectivity index (χ0v) is 17.4. The van der Waals surface area contributed by atoms with Gasteiger partial charge in [-0.05, 0) is 87.5 Å². The predicted molar refractivity (Wildman–Crippen MR) is 110 cm³/mol. The Morgan fingerprint density at radius 2 is 1.75 bits per heavy atom. The van der Waals surface area contributed by atoms with Gasteiger partial charge in [-0.2, -0.15) is 0 Å². The average molecular weight is 418 g/mol. The number of anilines is 1. The molecular weight excluding hydrogens is 394 g/mol. The van der Waals surface area contributed by atoms with E-state index in [0.717, 1.165) is 29.3 Å². The fourth-order valence-corrected chi connectivity index (χ4v) is 6.64. The van der Waals surface area contributed by atoms with Gasteiger partial charge in [0.15, 0.2) is 0 Å². The summed E-state index contributed by atoms with van der Waals surface area (Å²) in [6.07, 6.45) is 7.73. The molecule has 4 bridgehead atoms. The van der Waals surface area contributed by atoms with Crippen molar-refractivity contribution in [2.45, 2.75) is 61.3 Å². The Hall–Kier alpha value is -1.53. The summed E-state index contributed by atoms with van der Waals surface area (Å²) in [6, 6.07) is 7.08. The maximum absolute atomic E-state index is 12.5. The van der Waals surface area contributed by atoms with E-state index in [1.165, 1.54) is 50.3 Å². The molecule has 6 rings (SSSR count). The Balaban J connectivity index is 1.25. The minimum Gasteiger partial charge on any atom is -0.415 e. The Morgan fingerprint density at radius 3 is 2.36 bits per heavy atom. The van der Waals surface area contributed by atoms with Crippen LogP contribution in [0.4, 0.5) is 5.69 Å². The van der Waals surface area contributed by atoms with Crippen molar-refractivity contribution in [1.29, 1.82) is 0 Å². The summed E-state index contributed by atoms with van der Waals surface area (Å²) in [4.78, 5) is 12.5. The Bertz CT molecular complexity index is 847. The van der Waals surface area contributed by atoms with E-state index in [9.17, 15) is 4.79 Å². The first-order chi connectivity index (χ1) is 13.5. The number of rotatable bonds is 5. The van der Waals surface area contributed by atoms with Gasteiger partial charge in [0.05, 0.1) is 5.25 Å². The van der Waals surface area contributed by atoms with Gasteiger partial charge >= 0.3 is 0 Å². The molecule has 1 aromatic heterocycles. The number of aromatic nitrogens is 2. The average Bonchev–Trinajstić information content (AvgIpc) is 3.12.